The topological polar surface area (TPSA) is 59.8 Å². The van der Waals surface area contributed by atoms with E-state index in [0.717, 1.165) is 33.6 Å². The number of hydrogen-bond acceptors (Lipinski definition) is 3. The van der Waals surface area contributed by atoms with Gasteiger partial charge in [-0.25, -0.2) is 9.67 Å². The van der Waals surface area contributed by atoms with Crippen molar-refractivity contribution in [3.8, 4) is 17.1 Å². The largest absolute Gasteiger partial charge is 0.319 e. The van der Waals surface area contributed by atoms with Crippen molar-refractivity contribution in [3.05, 3.63) is 94.3 Å². The molecule has 0 unspecified atom stereocenters. The molecule has 0 spiro atoms. The molecule has 0 fully saturated rings. The van der Waals surface area contributed by atoms with Gasteiger partial charge in [-0.2, -0.15) is 0 Å². The minimum Gasteiger partial charge on any atom is -0.319 e. The van der Waals surface area contributed by atoms with Gasteiger partial charge in [0.2, 0.25) is 5.82 Å². The van der Waals surface area contributed by atoms with Crippen LogP contribution in [0.2, 0.25) is 5.02 Å². The number of hydrogen-bond donors (Lipinski definition) is 1. The fraction of sp³-hybridized carbons (Fsp3) is 0.125. The van der Waals surface area contributed by atoms with E-state index >= 15 is 0 Å². The summed E-state index contributed by atoms with van der Waals surface area (Å²) in [6, 6.07) is 21.1. The van der Waals surface area contributed by atoms with E-state index in [0.29, 0.717) is 10.8 Å². The normalized spacial score (nSPS) is 10.8. The molecule has 1 amide bonds. The number of aryl methyl sites for hydroxylation is 3. The predicted molar refractivity (Wildman–Crippen MR) is 120 cm³/mol. The highest BCUT2D eigenvalue weighted by atomic mass is 35.5. The molecule has 0 aliphatic carbocycles. The molecule has 0 aliphatic rings. The molecule has 4 rings (SSSR count). The minimum absolute atomic E-state index is 0.0884. The van der Waals surface area contributed by atoms with E-state index in [2.05, 4.69) is 15.4 Å². The molecule has 4 aromatic rings. The van der Waals surface area contributed by atoms with Crippen LogP contribution < -0.4 is 5.32 Å². The van der Waals surface area contributed by atoms with E-state index in [1.807, 2.05) is 81.4 Å². The van der Waals surface area contributed by atoms with Gasteiger partial charge in [-0.05, 0) is 56.7 Å². The molecule has 30 heavy (non-hydrogen) atoms. The van der Waals surface area contributed by atoms with Crippen molar-refractivity contribution in [2.24, 2.45) is 0 Å². The lowest BCUT2D eigenvalue weighted by Gasteiger charge is -2.07. The summed E-state index contributed by atoms with van der Waals surface area (Å²) in [5.41, 5.74) is 5.58. The summed E-state index contributed by atoms with van der Waals surface area (Å²) < 4.78 is 1.67. The Bertz CT molecular complexity index is 1230. The van der Waals surface area contributed by atoms with Gasteiger partial charge in [-0.1, -0.05) is 59.1 Å². The Kier molecular flexibility index (Phi) is 5.38. The Balaban J connectivity index is 1.76. The molecule has 3 aromatic carbocycles. The van der Waals surface area contributed by atoms with Crippen molar-refractivity contribution in [1.82, 2.24) is 14.8 Å². The molecular weight excluding hydrogens is 396 g/mol. The van der Waals surface area contributed by atoms with E-state index in [4.69, 9.17) is 11.6 Å². The molecule has 150 valence electrons. The summed E-state index contributed by atoms with van der Waals surface area (Å²) in [6.07, 6.45) is 0. The standard InChI is InChI=1S/C24H21ClN4O/c1-15-7-10-20(11-8-15)29-23(18-5-4-6-19(25)14-18)27-22(28-29)24(30)26-21-12-9-16(2)13-17(21)3/h4-14H,1-3H3,(H,26,30). The number of nitrogens with one attached hydrogen (secondary N) is 1. The molecule has 5 nitrogen and oxygen atoms in total. The van der Waals surface area contributed by atoms with Gasteiger partial charge in [-0.3, -0.25) is 4.79 Å². The average Bonchev–Trinajstić information content (AvgIpc) is 3.16. The summed E-state index contributed by atoms with van der Waals surface area (Å²) in [5, 5.41) is 8.01. The number of rotatable bonds is 4. The Labute approximate surface area is 180 Å². The number of benzene rings is 3. The second kappa shape index (κ2) is 8.13. The second-order valence-corrected chi connectivity index (χ2v) is 7.73. The maximum Gasteiger partial charge on any atom is 0.295 e. The lowest BCUT2D eigenvalue weighted by atomic mass is 10.1. The van der Waals surface area contributed by atoms with Crippen molar-refractivity contribution in [1.29, 1.82) is 0 Å². The molecule has 0 atom stereocenters. The van der Waals surface area contributed by atoms with E-state index in [9.17, 15) is 4.79 Å². The van der Waals surface area contributed by atoms with Crippen LogP contribution >= 0.6 is 11.6 Å². The number of carbonyl (C=O) groups excluding carboxylic acids is 1. The van der Waals surface area contributed by atoms with Crippen LogP contribution in [0.15, 0.2) is 66.7 Å². The van der Waals surface area contributed by atoms with Gasteiger partial charge < -0.3 is 5.32 Å². The van der Waals surface area contributed by atoms with Gasteiger partial charge in [0, 0.05) is 16.3 Å². The Morgan fingerprint density at radius 3 is 2.37 bits per heavy atom. The maximum absolute atomic E-state index is 12.9. The van der Waals surface area contributed by atoms with Gasteiger partial charge >= 0.3 is 0 Å². The second-order valence-electron chi connectivity index (χ2n) is 7.29. The monoisotopic (exact) mass is 416 g/mol. The van der Waals surface area contributed by atoms with Crippen LogP contribution in [0.1, 0.15) is 27.3 Å². The van der Waals surface area contributed by atoms with Gasteiger partial charge in [0.1, 0.15) is 0 Å². The van der Waals surface area contributed by atoms with E-state index < -0.39 is 0 Å². The predicted octanol–water partition coefficient (Wildman–Crippen LogP) is 5.77. The molecule has 0 saturated carbocycles. The number of aromatic nitrogens is 3. The lowest BCUT2D eigenvalue weighted by Crippen LogP contribution is -2.15. The molecule has 0 aliphatic heterocycles. The number of carbonyl (C=O) groups is 1. The van der Waals surface area contributed by atoms with Crippen molar-refractivity contribution >= 4 is 23.2 Å². The smallest absolute Gasteiger partial charge is 0.295 e. The van der Waals surface area contributed by atoms with Gasteiger partial charge in [0.15, 0.2) is 5.82 Å². The Hall–Kier alpha value is -3.44. The summed E-state index contributed by atoms with van der Waals surface area (Å²) >= 11 is 6.18. The Morgan fingerprint density at radius 1 is 0.933 bits per heavy atom. The van der Waals surface area contributed by atoms with E-state index in [-0.39, 0.29) is 11.7 Å². The summed E-state index contributed by atoms with van der Waals surface area (Å²) in [4.78, 5) is 17.5. The van der Waals surface area contributed by atoms with Crippen molar-refractivity contribution in [2.75, 3.05) is 5.32 Å². The summed E-state index contributed by atoms with van der Waals surface area (Å²) in [5.74, 6) is 0.272. The zero-order chi connectivity index (χ0) is 21.3. The van der Waals surface area contributed by atoms with E-state index in [1.165, 1.54) is 0 Å². The van der Waals surface area contributed by atoms with Crippen LogP contribution in [0.25, 0.3) is 17.1 Å². The first-order valence-electron chi connectivity index (χ1n) is 9.59. The Morgan fingerprint density at radius 2 is 1.67 bits per heavy atom. The van der Waals surface area contributed by atoms with E-state index in [1.54, 1.807) is 10.7 Å². The summed E-state index contributed by atoms with van der Waals surface area (Å²) in [7, 11) is 0. The minimum atomic E-state index is -0.365. The van der Waals surface area contributed by atoms with Gasteiger partial charge in [-0.15, -0.1) is 5.10 Å². The van der Waals surface area contributed by atoms with Gasteiger partial charge in [0.25, 0.3) is 5.91 Å². The molecule has 0 bridgehead atoms. The molecular formula is C24H21ClN4O. The van der Waals surface area contributed by atoms with Crippen molar-refractivity contribution in [2.45, 2.75) is 20.8 Å². The fourth-order valence-corrected chi connectivity index (χ4v) is 3.41. The highest BCUT2D eigenvalue weighted by molar-refractivity contribution is 6.30. The van der Waals surface area contributed by atoms with Crippen LogP contribution in [0.5, 0.6) is 0 Å². The molecule has 0 radical (unpaired) electrons. The first kappa shape index (κ1) is 19.9. The molecule has 1 heterocycles. The zero-order valence-corrected chi connectivity index (χ0v) is 17.7. The fourth-order valence-electron chi connectivity index (χ4n) is 3.22. The molecule has 1 aromatic heterocycles. The number of amides is 1. The lowest BCUT2D eigenvalue weighted by molar-refractivity contribution is 0.101. The first-order valence-corrected chi connectivity index (χ1v) is 9.97. The van der Waals surface area contributed by atoms with Crippen molar-refractivity contribution in [3.63, 3.8) is 0 Å². The van der Waals surface area contributed by atoms with Crippen molar-refractivity contribution < 1.29 is 4.79 Å². The third-order valence-corrected chi connectivity index (χ3v) is 5.04. The third kappa shape index (κ3) is 4.11. The molecule has 6 heteroatoms. The van der Waals surface area contributed by atoms with Crippen LogP contribution in [0.3, 0.4) is 0 Å². The third-order valence-electron chi connectivity index (χ3n) is 4.80. The van der Waals surface area contributed by atoms with Gasteiger partial charge in [0.05, 0.1) is 5.69 Å². The maximum atomic E-state index is 12.9. The highest BCUT2D eigenvalue weighted by Gasteiger charge is 2.19. The highest BCUT2D eigenvalue weighted by Crippen LogP contribution is 2.25. The molecule has 1 N–H and O–H groups in total. The van der Waals surface area contributed by atoms with Crippen LogP contribution in [-0.2, 0) is 0 Å². The summed E-state index contributed by atoms with van der Waals surface area (Å²) in [6.45, 7) is 5.99. The van der Waals surface area contributed by atoms with Crippen LogP contribution in [0.4, 0.5) is 5.69 Å². The first-order chi connectivity index (χ1) is 14.4. The SMILES string of the molecule is Cc1ccc(-n2nc(C(=O)Nc3ccc(C)cc3C)nc2-c2cccc(Cl)c2)cc1. The average molecular weight is 417 g/mol. The van der Waals surface area contributed by atoms with Crippen LogP contribution in [0, 0.1) is 20.8 Å². The number of halogens is 1. The quantitative estimate of drug-likeness (QED) is 0.459. The molecule has 0 saturated heterocycles. The van der Waals surface area contributed by atoms with Crippen LogP contribution in [-0.4, -0.2) is 20.7 Å². The number of nitrogens with zero attached hydrogens (tertiary/aromatic N) is 3. The zero-order valence-electron chi connectivity index (χ0n) is 17.0. The number of anilines is 1.